The van der Waals surface area contributed by atoms with Crippen molar-refractivity contribution in [2.24, 2.45) is 5.73 Å². The number of carbonyl (C=O) groups excluding carboxylic acids is 1. The second kappa shape index (κ2) is 7.83. The molecule has 26 heavy (non-hydrogen) atoms. The maximum atomic E-state index is 13.7. The van der Waals surface area contributed by atoms with E-state index in [-0.39, 0.29) is 17.9 Å². The second-order valence-corrected chi connectivity index (χ2v) is 5.79. The first-order chi connectivity index (χ1) is 12.5. The van der Waals surface area contributed by atoms with Gasteiger partial charge in [-0.2, -0.15) is 0 Å². The van der Waals surface area contributed by atoms with E-state index >= 15 is 0 Å². The van der Waals surface area contributed by atoms with Crippen LogP contribution in [-0.2, 0) is 17.8 Å². The molecule has 2 aromatic carbocycles. The van der Waals surface area contributed by atoms with Gasteiger partial charge in [-0.15, -0.1) is 5.10 Å². The van der Waals surface area contributed by atoms with Crippen LogP contribution in [0.3, 0.4) is 0 Å². The maximum Gasteiger partial charge on any atom is 0.242 e. The van der Waals surface area contributed by atoms with Gasteiger partial charge in [-0.25, -0.2) is 13.5 Å². The Balaban J connectivity index is 1.62. The molecule has 1 aromatic heterocycles. The molecule has 0 unspecified atom stereocenters. The number of amides is 1. The molecule has 1 amide bonds. The summed E-state index contributed by atoms with van der Waals surface area (Å²) in [6, 6.07) is 12.2. The van der Waals surface area contributed by atoms with Gasteiger partial charge in [0.25, 0.3) is 0 Å². The molecule has 6 nitrogen and oxygen atoms in total. The van der Waals surface area contributed by atoms with Crippen LogP contribution in [0.2, 0.25) is 0 Å². The molecule has 8 heteroatoms. The summed E-state index contributed by atoms with van der Waals surface area (Å²) in [7, 11) is 0. The summed E-state index contributed by atoms with van der Waals surface area (Å²) in [5.41, 5.74) is 6.71. The highest BCUT2D eigenvalue weighted by Gasteiger charge is 2.16. The number of halogens is 2. The molecule has 3 rings (SSSR count). The van der Waals surface area contributed by atoms with Crippen molar-refractivity contribution in [2.45, 2.75) is 19.0 Å². The number of aromatic nitrogens is 3. The molecule has 3 aromatic rings. The lowest BCUT2D eigenvalue weighted by Crippen LogP contribution is -2.37. The fourth-order valence-electron chi connectivity index (χ4n) is 2.46. The van der Waals surface area contributed by atoms with Crippen LogP contribution in [0, 0.1) is 11.6 Å². The second-order valence-electron chi connectivity index (χ2n) is 5.79. The third-order valence-corrected chi connectivity index (χ3v) is 3.81. The van der Waals surface area contributed by atoms with Crippen LogP contribution in [-0.4, -0.2) is 26.9 Å². The van der Waals surface area contributed by atoms with Gasteiger partial charge in [0, 0.05) is 5.56 Å². The summed E-state index contributed by atoms with van der Waals surface area (Å²) in [6.07, 6.45) is 1.76. The monoisotopic (exact) mass is 357 g/mol. The zero-order valence-electron chi connectivity index (χ0n) is 13.8. The molecule has 0 fully saturated rings. The molecule has 0 saturated heterocycles. The van der Waals surface area contributed by atoms with Gasteiger partial charge >= 0.3 is 0 Å². The van der Waals surface area contributed by atoms with Crippen LogP contribution in [0.4, 0.5) is 14.6 Å². The number of anilines is 1. The highest BCUT2D eigenvalue weighted by atomic mass is 19.1. The predicted molar refractivity (Wildman–Crippen MR) is 92.2 cm³/mol. The largest absolute Gasteiger partial charge is 0.320 e. The molecule has 0 aliphatic rings. The SMILES string of the molecule is N[C@H](Cc1ccccc1)C(=O)Nc1cn(Cc2c(F)cccc2F)nn1. The van der Waals surface area contributed by atoms with Gasteiger partial charge in [-0.1, -0.05) is 41.6 Å². The Morgan fingerprint density at radius 3 is 2.50 bits per heavy atom. The molecule has 0 radical (unpaired) electrons. The average molecular weight is 357 g/mol. The average Bonchev–Trinajstić information content (AvgIpc) is 3.06. The van der Waals surface area contributed by atoms with E-state index in [0.29, 0.717) is 6.42 Å². The number of carbonyl (C=O) groups is 1. The summed E-state index contributed by atoms with van der Waals surface area (Å²) in [6.45, 7) is -0.141. The Morgan fingerprint density at radius 1 is 1.12 bits per heavy atom. The minimum atomic E-state index is -0.758. The van der Waals surface area contributed by atoms with Crippen molar-refractivity contribution in [1.29, 1.82) is 0 Å². The lowest BCUT2D eigenvalue weighted by atomic mass is 10.1. The first kappa shape index (κ1) is 17.7. The van der Waals surface area contributed by atoms with E-state index in [1.165, 1.54) is 29.1 Å². The van der Waals surface area contributed by atoms with E-state index in [9.17, 15) is 13.6 Å². The van der Waals surface area contributed by atoms with Crippen LogP contribution < -0.4 is 11.1 Å². The van der Waals surface area contributed by atoms with Crippen LogP contribution in [0.15, 0.2) is 54.7 Å². The Hall–Kier alpha value is -3.13. The van der Waals surface area contributed by atoms with Crippen LogP contribution in [0.25, 0.3) is 0 Å². The van der Waals surface area contributed by atoms with E-state index in [1.807, 2.05) is 30.3 Å². The van der Waals surface area contributed by atoms with E-state index < -0.39 is 23.6 Å². The summed E-state index contributed by atoms with van der Waals surface area (Å²) >= 11 is 0. The third kappa shape index (κ3) is 4.28. The Kier molecular flexibility index (Phi) is 5.33. The number of nitrogens with two attached hydrogens (primary N) is 1. The standard InChI is InChI=1S/C18H17F2N5O/c19-14-7-4-8-15(20)13(14)10-25-11-17(23-24-25)22-18(26)16(21)9-12-5-2-1-3-6-12/h1-8,11,16H,9-10,21H2,(H,22,26)/t16-/m1/s1. The Morgan fingerprint density at radius 2 is 1.81 bits per heavy atom. The number of nitrogens with one attached hydrogen (secondary N) is 1. The molecule has 0 saturated carbocycles. The molecule has 0 bridgehead atoms. The van der Waals surface area contributed by atoms with E-state index in [4.69, 9.17) is 5.73 Å². The van der Waals surface area contributed by atoms with Gasteiger partial charge in [-0.05, 0) is 24.1 Å². The zero-order valence-corrected chi connectivity index (χ0v) is 13.8. The highest BCUT2D eigenvalue weighted by Crippen LogP contribution is 2.14. The van der Waals surface area contributed by atoms with Crippen molar-refractivity contribution in [3.8, 4) is 0 Å². The van der Waals surface area contributed by atoms with Gasteiger partial charge in [0.15, 0.2) is 5.82 Å². The molecule has 1 atom stereocenters. The normalized spacial score (nSPS) is 12.0. The Bertz CT molecular complexity index is 877. The van der Waals surface area contributed by atoms with E-state index in [2.05, 4.69) is 15.6 Å². The molecular formula is C18H17F2N5O. The van der Waals surface area contributed by atoms with Gasteiger partial charge in [0.2, 0.25) is 5.91 Å². The minimum absolute atomic E-state index is 0.129. The first-order valence-corrected chi connectivity index (χ1v) is 7.96. The quantitative estimate of drug-likeness (QED) is 0.708. The number of benzene rings is 2. The van der Waals surface area contributed by atoms with Crippen molar-refractivity contribution < 1.29 is 13.6 Å². The van der Waals surface area contributed by atoms with E-state index in [0.717, 1.165) is 5.56 Å². The molecule has 0 spiro atoms. The summed E-state index contributed by atoms with van der Waals surface area (Å²) in [5.74, 6) is -1.60. The van der Waals surface area contributed by atoms with Crippen molar-refractivity contribution in [3.63, 3.8) is 0 Å². The van der Waals surface area contributed by atoms with E-state index in [1.54, 1.807) is 0 Å². The van der Waals surface area contributed by atoms with Gasteiger partial charge in [0.1, 0.15) is 11.6 Å². The van der Waals surface area contributed by atoms with Crippen molar-refractivity contribution >= 4 is 11.7 Å². The maximum absolute atomic E-state index is 13.7. The lowest BCUT2D eigenvalue weighted by molar-refractivity contribution is -0.117. The molecule has 0 aliphatic carbocycles. The van der Waals surface area contributed by atoms with Crippen LogP contribution >= 0.6 is 0 Å². The molecule has 3 N–H and O–H groups in total. The minimum Gasteiger partial charge on any atom is -0.320 e. The highest BCUT2D eigenvalue weighted by molar-refractivity contribution is 5.93. The number of hydrogen-bond donors (Lipinski definition) is 2. The number of hydrogen-bond acceptors (Lipinski definition) is 4. The fraction of sp³-hybridized carbons (Fsp3) is 0.167. The molecule has 134 valence electrons. The van der Waals surface area contributed by atoms with Crippen molar-refractivity contribution in [2.75, 3.05) is 5.32 Å². The molecule has 0 aliphatic heterocycles. The van der Waals surface area contributed by atoms with Gasteiger partial charge < -0.3 is 11.1 Å². The molecule has 1 heterocycles. The van der Waals surface area contributed by atoms with Gasteiger partial charge in [-0.3, -0.25) is 4.79 Å². The zero-order chi connectivity index (χ0) is 18.5. The van der Waals surface area contributed by atoms with Crippen molar-refractivity contribution in [1.82, 2.24) is 15.0 Å². The van der Waals surface area contributed by atoms with Crippen molar-refractivity contribution in [3.05, 3.63) is 77.5 Å². The topological polar surface area (TPSA) is 85.8 Å². The summed E-state index contributed by atoms with van der Waals surface area (Å²) in [5, 5.41) is 10.1. The lowest BCUT2D eigenvalue weighted by Gasteiger charge is -2.10. The number of rotatable bonds is 6. The van der Waals surface area contributed by atoms with Gasteiger partial charge in [0.05, 0.1) is 18.8 Å². The van der Waals surface area contributed by atoms with Crippen LogP contribution in [0.1, 0.15) is 11.1 Å². The fourth-order valence-corrected chi connectivity index (χ4v) is 2.46. The number of nitrogens with zero attached hydrogens (tertiary/aromatic N) is 3. The summed E-state index contributed by atoms with van der Waals surface area (Å²) < 4.78 is 28.6. The first-order valence-electron chi connectivity index (χ1n) is 7.96. The predicted octanol–water partition coefficient (Wildman–Crippen LogP) is 2.11. The summed E-state index contributed by atoms with van der Waals surface area (Å²) in [4.78, 5) is 12.2. The van der Waals surface area contributed by atoms with Crippen LogP contribution in [0.5, 0.6) is 0 Å². The Labute approximate surface area is 148 Å². The smallest absolute Gasteiger partial charge is 0.242 e. The third-order valence-electron chi connectivity index (χ3n) is 3.81. The molecular weight excluding hydrogens is 340 g/mol.